The second kappa shape index (κ2) is 5.17. The van der Waals surface area contributed by atoms with Crippen LogP contribution in [0.25, 0.3) is 10.1 Å². The van der Waals surface area contributed by atoms with Crippen molar-refractivity contribution in [1.82, 2.24) is 10.2 Å². The van der Waals surface area contributed by atoms with Gasteiger partial charge in [-0.3, -0.25) is 4.79 Å². The molecule has 0 radical (unpaired) electrons. The quantitative estimate of drug-likeness (QED) is 0.543. The molecule has 6 heteroatoms. The fraction of sp³-hybridized carbons (Fsp3) is 0.0833. The van der Waals surface area contributed by atoms with Crippen molar-refractivity contribution in [2.45, 2.75) is 4.34 Å². The maximum atomic E-state index is 12.2. The van der Waals surface area contributed by atoms with E-state index in [-0.39, 0.29) is 5.78 Å². The van der Waals surface area contributed by atoms with Gasteiger partial charge in [0.1, 0.15) is 5.51 Å². The molecule has 18 heavy (non-hydrogen) atoms. The molecule has 0 aliphatic carbocycles. The van der Waals surface area contributed by atoms with Gasteiger partial charge in [-0.1, -0.05) is 41.3 Å². The third-order valence-corrected chi connectivity index (χ3v) is 5.27. The summed E-state index contributed by atoms with van der Waals surface area (Å²) in [7, 11) is 0. The van der Waals surface area contributed by atoms with Gasteiger partial charge in [-0.15, -0.1) is 21.5 Å². The number of nitrogens with zero attached hydrogens (tertiary/aromatic N) is 2. The third kappa shape index (κ3) is 2.31. The van der Waals surface area contributed by atoms with E-state index in [0.717, 1.165) is 20.0 Å². The Hall–Kier alpha value is -1.24. The van der Waals surface area contributed by atoms with Crippen molar-refractivity contribution in [3.8, 4) is 0 Å². The van der Waals surface area contributed by atoms with Crippen molar-refractivity contribution < 1.29 is 4.79 Å². The van der Waals surface area contributed by atoms with Gasteiger partial charge in [0.05, 0.1) is 5.75 Å². The Labute approximate surface area is 116 Å². The maximum absolute atomic E-state index is 12.2. The average molecular weight is 292 g/mol. The van der Waals surface area contributed by atoms with Gasteiger partial charge in [0.15, 0.2) is 10.1 Å². The molecule has 3 aromatic rings. The summed E-state index contributed by atoms with van der Waals surface area (Å²) < 4.78 is 1.99. The van der Waals surface area contributed by atoms with E-state index >= 15 is 0 Å². The van der Waals surface area contributed by atoms with Crippen LogP contribution in [0.15, 0.2) is 39.5 Å². The Bertz CT molecular complexity index is 676. The first-order valence-corrected chi connectivity index (χ1v) is 7.97. The molecule has 1 aromatic carbocycles. The van der Waals surface area contributed by atoms with Crippen LogP contribution in [0.2, 0.25) is 0 Å². The summed E-state index contributed by atoms with van der Waals surface area (Å²) in [6.45, 7) is 0. The van der Waals surface area contributed by atoms with Crippen LogP contribution in [0.1, 0.15) is 10.4 Å². The lowest BCUT2D eigenvalue weighted by molar-refractivity contribution is 0.102. The predicted octanol–water partition coefficient (Wildman–Crippen LogP) is 3.73. The Morgan fingerprint density at radius 1 is 1.28 bits per heavy atom. The van der Waals surface area contributed by atoms with Crippen molar-refractivity contribution in [1.29, 1.82) is 0 Å². The van der Waals surface area contributed by atoms with Crippen LogP contribution in [0, 0.1) is 0 Å². The predicted molar refractivity (Wildman–Crippen MR) is 76.8 cm³/mol. The highest BCUT2D eigenvalue weighted by Gasteiger charge is 2.12. The number of carbonyl (C=O) groups excluding carboxylic acids is 1. The molecule has 0 fully saturated rings. The minimum absolute atomic E-state index is 0.146. The van der Waals surface area contributed by atoms with Crippen LogP contribution in [0.4, 0.5) is 0 Å². The van der Waals surface area contributed by atoms with E-state index in [4.69, 9.17) is 0 Å². The number of Topliss-reactive ketones (excluding diaryl/α,β-unsaturated/α-hetero) is 1. The lowest BCUT2D eigenvalue weighted by atomic mass is 10.1. The second-order valence-electron chi connectivity index (χ2n) is 3.56. The molecule has 0 N–H and O–H groups in total. The molecule has 0 unspecified atom stereocenters. The van der Waals surface area contributed by atoms with E-state index in [1.54, 1.807) is 16.8 Å². The average Bonchev–Trinajstić information content (AvgIpc) is 3.05. The van der Waals surface area contributed by atoms with Gasteiger partial charge in [-0.05, 0) is 6.07 Å². The van der Waals surface area contributed by atoms with E-state index in [1.807, 2.05) is 29.6 Å². The van der Waals surface area contributed by atoms with Gasteiger partial charge in [-0.25, -0.2) is 0 Å². The molecule has 2 aromatic heterocycles. The number of fused-ring (bicyclic) bond motifs is 1. The topological polar surface area (TPSA) is 42.9 Å². The molecular formula is C12H8N2OS3. The van der Waals surface area contributed by atoms with Gasteiger partial charge < -0.3 is 0 Å². The molecule has 0 bridgehead atoms. The minimum Gasteiger partial charge on any atom is -0.293 e. The number of ketones is 1. The van der Waals surface area contributed by atoms with Gasteiger partial charge >= 0.3 is 0 Å². The molecule has 2 heterocycles. The molecule has 0 aliphatic heterocycles. The Kier molecular flexibility index (Phi) is 3.40. The van der Waals surface area contributed by atoms with Crippen LogP contribution in [0.3, 0.4) is 0 Å². The van der Waals surface area contributed by atoms with Gasteiger partial charge in [-0.2, -0.15) is 0 Å². The third-order valence-electron chi connectivity index (χ3n) is 2.45. The largest absolute Gasteiger partial charge is 0.293 e. The molecule has 0 saturated carbocycles. The first-order valence-electron chi connectivity index (χ1n) is 5.23. The highest BCUT2D eigenvalue weighted by molar-refractivity contribution is 8.01. The number of aromatic nitrogens is 2. The Morgan fingerprint density at radius 3 is 3.00 bits per heavy atom. The molecule has 0 saturated heterocycles. The number of carbonyl (C=O) groups is 1. The SMILES string of the molecule is O=C(CSc1nncs1)c1csc2ccccc12. The fourth-order valence-electron chi connectivity index (χ4n) is 1.62. The van der Waals surface area contributed by atoms with Crippen molar-refractivity contribution in [2.75, 3.05) is 5.75 Å². The molecule has 3 rings (SSSR count). The summed E-state index contributed by atoms with van der Waals surface area (Å²) in [6.07, 6.45) is 0. The monoisotopic (exact) mass is 292 g/mol. The molecule has 0 aliphatic rings. The molecule has 0 spiro atoms. The number of benzene rings is 1. The van der Waals surface area contributed by atoms with E-state index in [9.17, 15) is 4.79 Å². The maximum Gasteiger partial charge on any atom is 0.174 e. The Balaban J connectivity index is 1.80. The summed E-state index contributed by atoms with van der Waals surface area (Å²) in [5, 5.41) is 10.6. The number of hydrogen-bond acceptors (Lipinski definition) is 6. The lowest BCUT2D eigenvalue weighted by Crippen LogP contribution is -2.00. The van der Waals surface area contributed by atoms with E-state index in [0.29, 0.717) is 5.75 Å². The summed E-state index contributed by atoms with van der Waals surface area (Å²) in [5.41, 5.74) is 2.49. The molecule has 3 nitrogen and oxygen atoms in total. The highest BCUT2D eigenvalue weighted by Crippen LogP contribution is 2.28. The van der Waals surface area contributed by atoms with Crippen LogP contribution in [-0.2, 0) is 0 Å². The fourth-order valence-corrected chi connectivity index (χ4v) is 3.96. The van der Waals surface area contributed by atoms with E-state index in [1.165, 1.54) is 23.1 Å². The minimum atomic E-state index is 0.146. The van der Waals surface area contributed by atoms with E-state index < -0.39 is 0 Å². The number of thioether (sulfide) groups is 1. The van der Waals surface area contributed by atoms with Crippen LogP contribution >= 0.6 is 34.4 Å². The molecule has 0 atom stereocenters. The van der Waals surface area contributed by atoms with Crippen LogP contribution in [-0.4, -0.2) is 21.7 Å². The smallest absolute Gasteiger partial charge is 0.174 e. The van der Waals surface area contributed by atoms with Crippen molar-refractivity contribution in [3.05, 3.63) is 40.7 Å². The summed E-state index contributed by atoms with van der Waals surface area (Å²) in [5.74, 6) is 0.559. The van der Waals surface area contributed by atoms with Crippen molar-refractivity contribution in [2.24, 2.45) is 0 Å². The zero-order chi connectivity index (χ0) is 12.4. The van der Waals surface area contributed by atoms with Crippen LogP contribution < -0.4 is 0 Å². The van der Waals surface area contributed by atoms with Crippen LogP contribution in [0.5, 0.6) is 0 Å². The van der Waals surface area contributed by atoms with Gasteiger partial charge in [0.25, 0.3) is 0 Å². The zero-order valence-electron chi connectivity index (χ0n) is 9.20. The van der Waals surface area contributed by atoms with Crippen molar-refractivity contribution >= 4 is 50.3 Å². The summed E-state index contributed by atoms with van der Waals surface area (Å²) in [6, 6.07) is 7.98. The number of hydrogen-bond donors (Lipinski definition) is 0. The first-order chi connectivity index (χ1) is 8.84. The number of rotatable bonds is 4. The first kappa shape index (κ1) is 11.8. The lowest BCUT2D eigenvalue weighted by Gasteiger charge is -1.97. The van der Waals surface area contributed by atoms with Crippen molar-refractivity contribution in [3.63, 3.8) is 0 Å². The molecule has 90 valence electrons. The zero-order valence-corrected chi connectivity index (χ0v) is 11.6. The summed E-state index contributed by atoms with van der Waals surface area (Å²) >= 11 is 4.51. The normalized spacial score (nSPS) is 10.9. The molecular weight excluding hydrogens is 284 g/mol. The molecule has 0 amide bonds. The van der Waals surface area contributed by atoms with E-state index in [2.05, 4.69) is 10.2 Å². The second-order valence-corrected chi connectivity index (χ2v) is 6.53. The Morgan fingerprint density at radius 2 is 2.17 bits per heavy atom. The number of thiophene rings is 1. The van der Waals surface area contributed by atoms with Gasteiger partial charge in [0, 0.05) is 21.0 Å². The van der Waals surface area contributed by atoms with Gasteiger partial charge in [0.2, 0.25) is 0 Å². The summed E-state index contributed by atoms with van der Waals surface area (Å²) in [4.78, 5) is 12.2. The standard InChI is InChI=1S/C12H8N2OS3/c15-10(6-17-12-14-13-7-18-12)9-5-16-11-4-2-1-3-8(9)11/h1-5,7H,6H2. The highest BCUT2D eigenvalue weighted by atomic mass is 32.2.